The summed E-state index contributed by atoms with van der Waals surface area (Å²) in [5, 5.41) is 3.63. The highest BCUT2D eigenvalue weighted by atomic mass is 35.5. The Balaban J connectivity index is 1.90. The number of aryl methyl sites for hydroxylation is 1. The number of quaternary nitrogens is 1. The van der Waals surface area contributed by atoms with Crippen molar-refractivity contribution in [2.24, 2.45) is 11.8 Å². The fourth-order valence-corrected chi connectivity index (χ4v) is 3.35. The third-order valence-electron chi connectivity index (χ3n) is 3.95. The van der Waals surface area contributed by atoms with Crippen LogP contribution in [-0.4, -0.2) is 25.5 Å². The van der Waals surface area contributed by atoms with E-state index < -0.39 is 0 Å². The van der Waals surface area contributed by atoms with Crippen LogP contribution in [0.2, 0.25) is 5.02 Å². The van der Waals surface area contributed by atoms with Crippen molar-refractivity contribution < 1.29 is 9.69 Å². The fourth-order valence-electron chi connectivity index (χ4n) is 3.17. The van der Waals surface area contributed by atoms with Crippen LogP contribution in [0.5, 0.6) is 0 Å². The predicted molar refractivity (Wildman–Crippen MR) is 83.3 cm³/mol. The van der Waals surface area contributed by atoms with Gasteiger partial charge in [-0.05, 0) is 31.0 Å². The van der Waals surface area contributed by atoms with E-state index in [9.17, 15) is 4.79 Å². The Bertz CT molecular complexity index is 479. The maximum absolute atomic E-state index is 12.1. The number of nitrogens with one attached hydrogen (secondary N) is 2. The third kappa shape index (κ3) is 4.22. The number of halogens is 1. The van der Waals surface area contributed by atoms with E-state index in [0.29, 0.717) is 23.4 Å². The van der Waals surface area contributed by atoms with E-state index in [4.69, 9.17) is 11.6 Å². The summed E-state index contributed by atoms with van der Waals surface area (Å²) in [6.07, 6.45) is 1.28. The second kappa shape index (κ2) is 6.59. The molecule has 1 heterocycles. The first-order chi connectivity index (χ1) is 9.44. The summed E-state index contributed by atoms with van der Waals surface area (Å²) in [4.78, 5) is 13.5. The minimum atomic E-state index is 0.0706. The van der Waals surface area contributed by atoms with Crippen LogP contribution in [0.25, 0.3) is 0 Å². The quantitative estimate of drug-likeness (QED) is 0.880. The summed E-state index contributed by atoms with van der Waals surface area (Å²) >= 11 is 6.07. The molecule has 1 unspecified atom stereocenters. The van der Waals surface area contributed by atoms with E-state index in [-0.39, 0.29) is 5.91 Å². The molecule has 2 N–H and O–H groups in total. The second-order valence-corrected chi connectivity index (χ2v) is 6.70. The lowest BCUT2D eigenvalue weighted by atomic mass is 9.92. The van der Waals surface area contributed by atoms with Crippen molar-refractivity contribution in [2.75, 3.05) is 25.0 Å². The molecule has 0 aromatic heterocycles. The topological polar surface area (TPSA) is 33.5 Å². The molecule has 1 aliphatic rings. The van der Waals surface area contributed by atoms with Crippen molar-refractivity contribution in [1.29, 1.82) is 0 Å². The van der Waals surface area contributed by atoms with Crippen LogP contribution in [0.4, 0.5) is 5.69 Å². The van der Waals surface area contributed by atoms with Gasteiger partial charge in [0, 0.05) is 22.5 Å². The number of likely N-dealkylation sites (tertiary alicyclic amines) is 1. The average Bonchev–Trinajstić information content (AvgIpc) is 2.32. The Kier molecular flexibility index (Phi) is 5.06. The lowest BCUT2D eigenvalue weighted by Crippen LogP contribution is -3.15. The van der Waals surface area contributed by atoms with E-state index >= 15 is 0 Å². The molecule has 1 aromatic rings. The van der Waals surface area contributed by atoms with Gasteiger partial charge in [0.1, 0.15) is 0 Å². The maximum Gasteiger partial charge on any atom is 0.279 e. The van der Waals surface area contributed by atoms with Gasteiger partial charge in [-0.15, -0.1) is 0 Å². The Morgan fingerprint density at radius 3 is 2.60 bits per heavy atom. The third-order valence-corrected chi connectivity index (χ3v) is 4.35. The van der Waals surface area contributed by atoms with Crippen molar-refractivity contribution in [3.05, 3.63) is 28.8 Å². The van der Waals surface area contributed by atoms with E-state index in [1.54, 1.807) is 0 Å². The van der Waals surface area contributed by atoms with Crippen LogP contribution in [0.1, 0.15) is 25.8 Å². The largest absolute Gasteiger partial charge is 0.327 e. The van der Waals surface area contributed by atoms with Gasteiger partial charge in [-0.3, -0.25) is 4.79 Å². The second-order valence-electron chi connectivity index (χ2n) is 6.29. The van der Waals surface area contributed by atoms with Crippen molar-refractivity contribution in [1.82, 2.24) is 0 Å². The molecule has 4 heteroatoms. The molecule has 1 saturated heterocycles. The molecule has 3 atom stereocenters. The molecule has 1 amide bonds. The van der Waals surface area contributed by atoms with E-state index in [1.165, 1.54) is 11.3 Å². The van der Waals surface area contributed by atoms with Gasteiger partial charge in [-0.1, -0.05) is 31.5 Å². The number of hydrogen-bond donors (Lipinski definition) is 2. The van der Waals surface area contributed by atoms with Gasteiger partial charge in [0.25, 0.3) is 5.91 Å². The molecular formula is C16H24ClN2O+. The maximum atomic E-state index is 12.1. The van der Waals surface area contributed by atoms with Gasteiger partial charge in [0.2, 0.25) is 0 Å². The zero-order chi connectivity index (χ0) is 14.7. The first-order valence-corrected chi connectivity index (χ1v) is 7.71. The number of anilines is 1. The molecule has 0 spiro atoms. The summed E-state index contributed by atoms with van der Waals surface area (Å²) in [5.74, 6) is 1.48. The summed E-state index contributed by atoms with van der Waals surface area (Å²) in [7, 11) is 0. The summed E-state index contributed by atoms with van der Waals surface area (Å²) in [6, 6.07) is 5.64. The number of benzene rings is 1. The highest BCUT2D eigenvalue weighted by Gasteiger charge is 2.26. The molecule has 3 nitrogen and oxygen atoms in total. The Morgan fingerprint density at radius 1 is 1.35 bits per heavy atom. The Morgan fingerprint density at radius 2 is 2.00 bits per heavy atom. The SMILES string of the molecule is Cc1ccc(NC(=O)C[NH+]2C[C@H](C)C[C@H](C)C2)cc1Cl. The molecule has 1 aromatic carbocycles. The number of hydrogen-bond acceptors (Lipinski definition) is 1. The fraction of sp³-hybridized carbons (Fsp3) is 0.562. The molecular weight excluding hydrogens is 272 g/mol. The van der Waals surface area contributed by atoms with E-state index in [0.717, 1.165) is 24.3 Å². The highest BCUT2D eigenvalue weighted by molar-refractivity contribution is 6.31. The molecule has 110 valence electrons. The van der Waals surface area contributed by atoms with Gasteiger partial charge in [-0.25, -0.2) is 0 Å². The van der Waals surface area contributed by atoms with Gasteiger partial charge in [0.15, 0.2) is 6.54 Å². The highest BCUT2D eigenvalue weighted by Crippen LogP contribution is 2.19. The summed E-state index contributed by atoms with van der Waals surface area (Å²) < 4.78 is 0. The predicted octanol–water partition coefficient (Wildman–Crippen LogP) is 2.15. The van der Waals surface area contributed by atoms with Gasteiger partial charge < -0.3 is 10.2 Å². The number of amides is 1. The minimum Gasteiger partial charge on any atom is -0.327 e. The van der Waals surface area contributed by atoms with Crippen molar-refractivity contribution in [3.8, 4) is 0 Å². The monoisotopic (exact) mass is 295 g/mol. The van der Waals surface area contributed by atoms with Crippen molar-refractivity contribution in [3.63, 3.8) is 0 Å². The van der Waals surface area contributed by atoms with Gasteiger partial charge in [0.05, 0.1) is 13.1 Å². The Hall–Kier alpha value is -1.06. The molecule has 0 aliphatic carbocycles. The van der Waals surface area contributed by atoms with E-state index in [2.05, 4.69) is 19.2 Å². The van der Waals surface area contributed by atoms with Crippen LogP contribution >= 0.6 is 11.6 Å². The summed E-state index contributed by atoms with van der Waals surface area (Å²) in [6.45, 7) is 9.22. The normalized spacial score (nSPS) is 26.3. The smallest absolute Gasteiger partial charge is 0.279 e. The van der Waals surface area contributed by atoms with Crippen LogP contribution < -0.4 is 10.2 Å². The average molecular weight is 296 g/mol. The lowest BCUT2D eigenvalue weighted by molar-refractivity contribution is -0.904. The Labute approximate surface area is 126 Å². The van der Waals surface area contributed by atoms with E-state index in [1.807, 2.05) is 25.1 Å². The van der Waals surface area contributed by atoms with Crippen LogP contribution in [0.15, 0.2) is 18.2 Å². The molecule has 0 radical (unpaired) electrons. The van der Waals surface area contributed by atoms with Crippen molar-refractivity contribution in [2.45, 2.75) is 27.2 Å². The molecule has 0 bridgehead atoms. The minimum absolute atomic E-state index is 0.0706. The standard InChI is InChI=1S/C16H23ClN2O/c1-11-6-12(2)9-19(8-11)10-16(20)18-14-5-4-13(3)15(17)7-14/h4-5,7,11-12H,6,8-10H2,1-3H3,(H,18,20)/p+1/t11-,12+. The summed E-state index contributed by atoms with van der Waals surface area (Å²) in [5.41, 5.74) is 1.80. The van der Waals surface area contributed by atoms with Crippen molar-refractivity contribution >= 4 is 23.2 Å². The zero-order valence-corrected chi connectivity index (χ0v) is 13.3. The molecule has 1 aliphatic heterocycles. The molecule has 20 heavy (non-hydrogen) atoms. The molecule has 2 rings (SSSR count). The van der Waals surface area contributed by atoms with Gasteiger partial charge >= 0.3 is 0 Å². The van der Waals surface area contributed by atoms with Crippen LogP contribution in [-0.2, 0) is 4.79 Å². The first-order valence-electron chi connectivity index (χ1n) is 7.33. The number of carbonyl (C=O) groups is 1. The van der Waals surface area contributed by atoms with Gasteiger partial charge in [-0.2, -0.15) is 0 Å². The first kappa shape index (κ1) is 15.3. The molecule has 1 fully saturated rings. The number of piperidine rings is 1. The zero-order valence-electron chi connectivity index (χ0n) is 12.5. The molecule has 0 saturated carbocycles. The lowest BCUT2D eigenvalue weighted by Gasteiger charge is -2.31. The van der Waals surface area contributed by atoms with Crippen LogP contribution in [0.3, 0.4) is 0 Å². The number of carbonyl (C=O) groups excluding carboxylic acids is 1. The number of rotatable bonds is 3. The van der Waals surface area contributed by atoms with Crippen LogP contribution in [0, 0.1) is 18.8 Å².